The standard InChI is InChI=1S/C17H15N5O3S/c23-17-3-1-2-12-4-5-13(10-14(12)17)26(24,25)20-15-11-18-7-6-16(15)22-9-8-19-21-22/h4-11,20H,1-3H2. The molecule has 0 amide bonds. The van der Waals surface area contributed by atoms with Crippen LogP contribution >= 0.6 is 0 Å². The van der Waals surface area contributed by atoms with Crippen LogP contribution in [0.2, 0.25) is 0 Å². The molecular formula is C17H15N5O3S. The third-order valence-electron chi connectivity index (χ3n) is 4.25. The minimum absolute atomic E-state index is 0.0204. The highest BCUT2D eigenvalue weighted by Gasteiger charge is 2.22. The zero-order valence-electron chi connectivity index (χ0n) is 13.7. The number of nitrogens with zero attached hydrogens (tertiary/aromatic N) is 4. The van der Waals surface area contributed by atoms with Crippen LogP contribution < -0.4 is 4.72 Å². The average Bonchev–Trinajstić information content (AvgIpc) is 3.16. The van der Waals surface area contributed by atoms with Gasteiger partial charge in [0.2, 0.25) is 0 Å². The first-order valence-electron chi connectivity index (χ1n) is 8.04. The van der Waals surface area contributed by atoms with Crippen LogP contribution in [0, 0.1) is 0 Å². The molecule has 1 aromatic carbocycles. The van der Waals surface area contributed by atoms with Crippen molar-refractivity contribution < 1.29 is 13.2 Å². The number of carbonyl (C=O) groups excluding carboxylic acids is 1. The molecule has 2 heterocycles. The number of rotatable bonds is 4. The van der Waals surface area contributed by atoms with Crippen LogP contribution in [0.1, 0.15) is 28.8 Å². The lowest BCUT2D eigenvalue weighted by molar-refractivity contribution is 0.0972. The highest BCUT2D eigenvalue weighted by Crippen LogP contribution is 2.26. The Morgan fingerprint density at radius 3 is 2.81 bits per heavy atom. The van der Waals surface area contributed by atoms with Gasteiger partial charge in [0.1, 0.15) is 0 Å². The summed E-state index contributed by atoms with van der Waals surface area (Å²) >= 11 is 0. The van der Waals surface area contributed by atoms with Crippen molar-refractivity contribution in [3.63, 3.8) is 0 Å². The molecule has 0 fully saturated rings. The fourth-order valence-electron chi connectivity index (χ4n) is 2.98. The fraction of sp³-hybridized carbons (Fsp3) is 0.176. The van der Waals surface area contributed by atoms with Gasteiger partial charge in [-0.2, -0.15) is 0 Å². The molecule has 0 spiro atoms. The van der Waals surface area contributed by atoms with Gasteiger partial charge in [0.05, 0.1) is 34.9 Å². The van der Waals surface area contributed by atoms with Crippen LogP contribution in [0.15, 0.2) is 53.9 Å². The topological polar surface area (TPSA) is 107 Å². The monoisotopic (exact) mass is 369 g/mol. The van der Waals surface area contributed by atoms with Crippen molar-refractivity contribution in [2.45, 2.75) is 24.2 Å². The average molecular weight is 369 g/mol. The molecule has 1 aliphatic carbocycles. The lowest BCUT2D eigenvalue weighted by Gasteiger charge is -2.16. The van der Waals surface area contributed by atoms with Crippen molar-refractivity contribution in [2.75, 3.05) is 4.72 Å². The summed E-state index contributed by atoms with van der Waals surface area (Å²) in [6.07, 6.45) is 8.06. The van der Waals surface area contributed by atoms with Crippen LogP contribution in [-0.4, -0.2) is 34.2 Å². The van der Waals surface area contributed by atoms with E-state index in [-0.39, 0.29) is 16.4 Å². The molecule has 1 N–H and O–H groups in total. The number of sulfonamides is 1. The predicted molar refractivity (Wildman–Crippen MR) is 93.7 cm³/mol. The minimum Gasteiger partial charge on any atom is -0.294 e. The Bertz CT molecular complexity index is 1080. The van der Waals surface area contributed by atoms with E-state index in [1.54, 1.807) is 18.3 Å². The van der Waals surface area contributed by atoms with Crippen LogP contribution in [0.4, 0.5) is 5.69 Å². The second kappa shape index (κ2) is 6.34. The van der Waals surface area contributed by atoms with Crippen molar-refractivity contribution in [1.82, 2.24) is 20.0 Å². The third kappa shape index (κ3) is 2.97. The summed E-state index contributed by atoms with van der Waals surface area (Å²) in [5.41, 5.74) is 2.14. The summed E-state index contributed by atoms with van der Waals surface area (Å²) in [7, 11) is -3.89. The Morgan fingerprint density at radius 2 is 2.00 bits per heavy atom. The number of ketones is 1. The molecule has 0 aliphatic heterocycles. The van der Waals surface area contributed by atoms with Gasteiger partial charge in [-0.15, -0.1) is 5.10 Å². The first kappa shape index (κ1) is 16.4. The van der Waals surface area contributed by atoms with Gasteiger partial charge in [0, 0.05) is 18.2 Å². The zero-order chi connectivity index (χ0) is 18.1. The molecule has 3 aromatic rings. The number of aromatic nitrogens is 4. The van der Waals surface area contributed by atoms with E-state index in [0.29, 0.717) is 17.7 Å². The van der Waals surface area contributed by atoms with E-state index in [0.717, 1.165) is 18.4 Å². The Labute approximate surface area is 149 Å². The number of carbonyl (C=O) groups is 1. The molecule has 1 aliphatic rings. The van der Waals surface area contributed by atoms with Gasteiger partial charge >= 0.3 is 0 Å². The number of anilines is 1. The summed E-state index contributed by atoms with van der Waals surface area (Å²) < 4.78 is 29.6. The molecule has 8 nitrogen and oxygen atoms in total. The number of pyridine rings is 1. The molecule has 9 heteroatoms. The van der Waals surface area contributed by atoms with Crippen molar-refractivity contribution in [3.05, 3.63) is 60.2 Å². The summed E-state index contributed by atoms with van der Waals surface area (Å²) in [6.45, 7) is 0. The fourth-order valence-corrected chi connectivity index (χ4v) is 4.07. The Balaban J connectivity index is 1.71. The zero-order valence-corrected chi connectivity index (χ0v) is 14.5. The Morgan fingerprint density at radius 1 is 1.12 bits per heavy atom. The second-order valence-electron chi connectivity index (χ2n) is 5.94. The van der Waals surface area contributed by atoms with Crippen LogP contribution in [0.3, 0.4) is 0 Å². The van der Waals surface area contributed by atoms with Gasteiger partial charge in [-0.1, -0.05) is 11.3 Å². The number of fused-ring (bicyclic) bond motifs is 1. The van der Waals surface area contributed by atoms with Crippen molar-refractivity contribution in [1.29, 1.82) is 0 Å². The molecule has 0 radical (unpaired) electrons. The number of nitrogens with one attached hydrogen (secondary N) is 1. The smallest absolute Gasteiger partial charge is 0.262 e. The van der Waals surface area contributed by atoms with Crippen LogP contribution in [0.25, 0.3) is 5.69 Å². The normalized spacial score (nSPS) is 14.1. The summed E-state index contributed by atoms with van der Waals surface area (Å²) in [5.74, 6) is -0.0204. The third-order valence-corrected chi connectivity index (χ3v) is 5.62. The Hall–Kier alpha value is -3.07. The van der Waals surface area contributed by atoms with E-state index < -0.39 is 10.0 Å². The van der Waals surface area contributed by atoms with Gasteiger partial charge < -0.3 is 0 Å². The van der Waals surface area contributed by atoms with E-state index >= 15 is 0 Å². The molecule has 132 valence electrons. The Kier molecular flexibility index (Phi) is 4.00. The highest BCUT2D eigenvalue weighted by molar-refractivity contribution is 7.92. The molecule has 0 bridgehead atoms. The molecule has 4 rings (SSSR count). The number of aryl methyl sites for hydroxylation is 1. The molecule has 0 unspecified atom stereocenters. The van der Waals surface area contributed by atoms with E-state index in [1.165, 1.54) is 35.4 Å². The predicted octanol–water partition coefficient (Wildman–Crippen LogP) is 1.98. The van der Waals surface area contributed by atoms with Gasteiger partial charge in [-0.25, -0.2) is 13.1 Å². The van der Waals surface area contributed by atoms with E-state index in [9.17, 15) is 13.2 Å². The van der Waals surface area contributed by atoms with Gasteiger partial charge in [0.15, 0.2) is 5.78 Å². The molecule has 2 aromatic heterocycles. The van der Waals surface area contributed by atoms with Gasteiger partial charge in [-0.05, 0) is 36.6 Å². The lowest BCUT2D eigenvalue weighted by atomic mass is 9.91. The maximum atomic E-state index is 12.8. The molecule has 0 saturated heterocycles. The first-order chi connectivity index (χ1) is 12.5. The first-order valence-corrected chi connectivity index (χ1v) is 9.52. The quantitative estimate of drug-likeness (QED) is 0.754. The number of hydrogen-bond acceptors (Lipinski definition) is 6. The molecule has 26 heavy (non-hydrogen) atoms. The van der Waals surface area contributed by atoms with Crippen LogP contribution in [0.5, 0.6) is 0 Å². The number of hydrogen-bond donors (Lipinski definition) is 1. The highest BCUT2D eigenvalue weighted by atomic mass is 32.2. The summed E-state index contributed by atoms with van der Waals surface area (Å²) in [6, 6.07) is 6.31. The van der Waals surface area contributed by atoms with Crippen molar-refractivity contribution in [2.24, 2.45) is 0 Å². The lowest BCUT2D eigenvalue weighted by Crippen LogP contribution is -2.17. The summed E-state index contributed by atoms with van der Waals surface area (Å²) in [5, 5.41) is 7.61. The largest absolute Gasteiger partial charge is 0.294 e. The van der Waals surface area contributed by atoms with E-state index in [1.807, 2.05) is 0 Å². The maximum absolute atomic E-state index is 12.8. The number of Topliss-reactive ketones (excluding diaryl/α,β-unsaturated/α-hetero) is 1. The maximum Gasteiger partial charge on any atom is 0.262 e. The van der Waals surface area contributed by atoms with Crippen molar-refractivity contribution >= 4 is 21.5 Å². The van der Waals surface area contributed by atoms with Crippen molar-refractivity contribution in [3.8, 4) is 5.69 Å². The molecular weight excluding hydrogens is 354 g/mol. The van der Waals surface area contributed by atoms with Gasteiger partial charge in [-0.3, -0.25) is 14.5 Å². The van der Waals surface area contributed by atoms with E-state index in [4.69, 9.17) is 0 Å². The molecule has 0 atom stereocenters. The second-order valence-corrected chi connectivity index (χ2v) is 7.62. The minimum atomic E-state index is -3.89. The van der Waals surface area contributed by atoms with Gasteiger partial charge in [0.25, 0.3) is 10.0 Å². The number of benzene rings is 1. The summed E-state index contributed by atoms with van der Waals surface area (Å²) in [4.78, 5) is 16.1. The SMILES string of the molecule is O=C1CCCc2ccc(S(=O)(=O)Nc3cnccc3-n3ccnn3)cc21. The van der Waals surface area contributed by atoms with E-state index in [2.05, 4.69) is 20.0 Å². The van der Waals surface area contributed by atoms with Crippen LogP contribution in [-0.2, 0) is 16.4 Å². The molecule has 0 saturated carbocycles.